The highest BCUT2D eigenvalue weighted by Gasteiger charge is 2.24. The Hall–Kier alpha value is -3.00. The van der Waals surface area contributed by atoms with Crippen molar-refractivity contribution in [3.05, 3.63) is 71.9 Å². The van der Waals surface area contributed by atoms with Gasteiger partial charge in [-0.25, -0.2) is 17.8 Å². The van der Waals surface area contributed by atoms with Gasteiger partial charge in [0.2, 0.25) is 11.8 Å². The number of aromatic nitrogens is 1. The van der Waals surface area contributed by atoms with Crippen molar-refractivity contribution < 1.29 is 22.0 Å². The van der Waals surface area contributed by atoms with Gasteiger partial charge in [-0.3, -0.25) is 4.79 Å². The molecule has 1 aromatic heterocycles. The van der Waals surface area contributed by atoms with Gasteiger partial charge < -0.3 is 9.32 Å². The van der Waals surface area contributed by atoms with Crippen molar-refractivity contribution >= 4 is 21.4 Å². The Morgan fingerprint density at radius 3 is 2.62 bits per heavy atom. The summed E-state index contributed by atoms with van der Waals surface area (Å²) in [5.74, 6) is -1.91. The van der Waals surface area contributed by atoms with Gasteiger partial charge in [-0.1, -0.05) is 24.3 Å². The number of hydrogen-bond acceptors (Lipinski definition) is 5. The van der Waals surface area contributed by atoms with Crippen molar-refractivity contribution in [2.75, 3.05) is 17.2 Å². The molecule has 0 saturated heterocycles. The highest BCUT2D eigenvalue weighted by atomic mass is 32.2. The smallest absolute Gasteiger partial charge is 0.242 e. The highest BCUT2D eigenvalue weighted by molar-refractivity contribution is 7.91. The number of anilines is 1. The van der Waals surface area contributed by atoms with Gasteiger partial charge in [0.15, 0.2) is 9.84 Å². The maximum Gasteiger partial charge on any atom is 0.242 e. The molecule has 29 heavy (non-hydrogen) atoms. The van der Waals surface area contributed by atoms with Crippen molar-refractivity contribution in [2.24, 2.45) is 0 Å². The largest absolute Gasteiger partial charge is 0.444 e. The van der Waals surface area contributed by atoms with E-state index in [1.165, 1.54) is 29.4 Å². The minimum absolute atomic E-state index is 0.121. The first-order chi connectivity index (χ1) is 13.8. The van der Waals surface area contributed by atoms with E-state index in [-0.39, 0.29) is 11.6 Å². The first-order valence-corrected chi connectivity index (χ1v) is 10.9. The van der Waals surface area contributed by atoms with Crippen molar-refractivity contribution in [1.29, 1.82) is 0 Å². The van der Waals surface area contributed by atoms with E-state index in [0.717, 1.165) is 5.56 Å². The number of carbonyl (C=O) groups excluding carboxylic acids is 1. The summed E-state index contributed by atoms with van der Waals surface area (Å²) < 4.78 is 43.7. The molecule has 6 nitrogen and oxygen atoms in total. The number of hydrogen-bond donors (Lipinski definition) is 0. The Labute approximate surface area is 168 Å². The number of aryl methyl sites for hydroxylation is 1. The van der Waals surface area contributed by atoms with Crippen LogP contribution < -0.4 is 4.90 Å². The van der Waals surface area contributed by atoms with Crippen LogP contribution in [0.2, 0.25) is 0 Å². The maximum absolute atomic E-state index is 13.3. The summed E-state index contributed by atoms with van der Waals surface area (Å²) in [7, 11) is -3.77. The quantitative estimate of drug-likeness (QED) is 0.586. The van der Waals surface area contributed by atoms with Gasteiger partial charge in [-0.2, -0.15) is 0 Å². The summed E-state index contributed by atoms with van der Waals surface area (Å²) >= 11 is 0. The van der Waals surface area contributed by atoms with Gasteiger partial charge in [0.1, 0.15) is 17.8 Å². The fourth-order valence-electron chi connectivity index (χ4n) is 3.02. The van der Waals surface area contributed by atoms with E-state index in [1.54, 1.807) is 25.1 Å². The molecule has 3 aromatic rings. The molecule has 0 bridgehead atoms. The molecule has 0 aliphatic rings. The van der Waals surface area contributed by atoms with Crippen LogP contribution in [0.3, 0.4) is 0 Å². The first kappa shape index (κ1) is 20.7. The van der Waals surface area contributed by atoms with Gasteiger partial charge in [0, 0.05) is 17.8 Å². The van der Waals surface area contributed by atoms with Crippen LogP contribution in [0.25, 0.3) is 11.5 Å². The molecule has 0 atom stereocenters. The second kappa shape index (κ2) is 8.57. The Kier molecular flexibility index (Phi) is 6.12. The third-order valence-electron chi connectivity index (χ3n) is 4.36. The lowest BCUT2D eigenvalue weighted by Crippen LogP contribution is -2.36. The molecule has 8 heteroatoms. The fourth-order valence-corrected chi connectivity index (χ4v) is 4.23. The summed E-state index contributed by atoms with van der Waals surface area (Å²) in [5, 5.41) is 0. The summed E-state index contributed by atoms with van der Waals surface area (Å²) in [6, 6.07) is 13.0. The molecule has 0 radical (unpaired) electrons. The van der Waals surface area contributed by atoms with E-state index in [1.807, 2.05) is 19.1 Å². The average molecular weight is 416 g/mol. The molecule has 0 unspecified atom stereocenters. The third kappa shape index (κ3) is 5.08. The van der Waals surface area contributed by atoms with Crippen LogP contribution in [0.4, 0.5) is 10.1 Å². The second-order valence-corrected chi connectivity index (χ2v) is 8.68. The molecule has 1 heterocycles. The Balaban J connectivity index is 1.73. The molecule has 0 aliphatic heterocycles. The van der Waals surface area contributed by atoms with Crippen LogP contribution in [0.5, 0.6) is 0 Å². The summed E-state index contributed by atoms with van der Waals surface area (Å²) in [5.41, 5.74) is 2.14. The maximum atomic E-state index is 13.3. The van der Waals surface area contributed by atoms with Crippen LogP contribution >= 0.6 is 0 Å². The number of carbonyl (C=O) groups is 1. The Bertz CT molecular complexity index is 1120. The van der Waals surface area contributed by atoms with Crippen molar-refractivity contribution in [1.82, 2.24) is 4.98 Å². The molecule has 152 valence electrons. The zero-order valence-corrected chi connectivity index (χ0v) is 16.9. The van der Waals surface area contributed by atoms with Gasteiger partial charge in [0.25, 0.3) is 0 Å². The number of benzene rings is 2. The summed E-state index contributed by atoms with van der Waals surface area (Å²) in [6.45, 7) is 4.01. The number of oxazole rings is 1. The topological polar surface area (TPSA) is 80.5 Å². The lowest BCUT2D eigenvalue weighted by Gasteiger charge is -2.22. The molecule has 0 N–H and O–H groups in total. The normalized spacial score (nSPS) is 11.4. The minimum Gasteiger partial charge on any atom is -0.444 e. The predicted molar refractivity (Wildman–Crippen MR) is 109 cm³/mol. The van der Waals surface area contributed by atoms with Crippen molar-refractivity contribution in [2.45, 2.75) is 19.6 Å². The van der Waals surface area contributed by atoms with Crippen LogP contribution in [0.1, 0.15) is 18.2 Å². The molecule has 0 saturated carbocycles. The number of para-hydroxylation sites is 1. The first-order valence-electron chi connectivity index (χ1n) is 9.06. The van der Waals surface area contributed by atoms with Crippen LogP contribution in [0, 0.1) is 12.7 Å². The molecule has 1 amide bonds. The standard InChI is InChI=1S/C21H21FN2O4S/c1-3-24(19-10-5-4-7-15(19)2)20(25)14-29(26,27)13-18-12-28-21(23-18)16-8-6-9-17(22)11-16/h4-12H,3,13-14H2,1-2H3. The Morgan fingerprint density at radius 2 is 1.93 bits per heavy atom. The molecule has 2 aromatic carbocycles. The van der Waals surface area contributed by atoms with Gasteiger partial charge >= 0.3 is 0 Å². The van der Waals surface area contributed by atoms with E-state index in [0.29, 0.717) is 17.8 Å². The molecule has 0 aliphatic carbocycles. The predicted octanol–water partition coefficient (Wildman–Crippen LogP) is 3.76. The molecule has 0 fully saturated rings. The van der Waals surface area contributed by atoms with E-state index < -0.39 is 33.1 Å². The van der Waals surface area contributed by atoms with Gasteiger partial charge in [-0.05, 0) is 43.7 Å². The van der Waals surface area contributed by atoms with E-state index in [9.17, 15) is 17.6 Å². The average Bonchev–Trinajstić information content (AvgIpc) is 3.11. The zero-order valence-electron chi connectivity index (χ0n) is 16.1. The van der Waals surface area contributed by atoms with Gasteiger partial charge in [-0.15, -0.1) is 0 Å². The molecule has 3 rings (SSSR count). The SMILES string of the molecule is CCN(C(=O)CS(=O)(=O)Cc1coc(-c2cccc(F)c2)n1)c1ccccc1C. The second-order valence-electron chi connectivity index (χ2n) is 6.61. The summed E-state index contributed by atoms with van der Waals surface area (Å²) in [4.78, 5) is 18.2. The molecule has 0 spiro atoms. The lowest BCUT2D eigenvalue weighted by molar-refractivity contribution is -0.116. The fraction of sp³-hybridized carbons (Fsp3) is 0.238. The van der Waals surface area contributed by atoms with E-state index in [2.05, 4.69) is 4.98 Å². The van der Waals surface area contributed by atoms with Crippen LogP contribution in [-0.4, -0.2) is 31.6 Å². The minimum atomic E-state index is -3.77. The monoisotopic (exact) mass is 416 g/mol. The van der Waals surface area contributed by atoms with Crippen molar-refractivity contribution in [3.8, 4) is 11.5 Å². The van der Waals surface area contributed by atoms with E-state index in [4.69, 9.17) is 4.42 Å². The van der Waals surface area contributed by atoms with Crippen LogP contribution in [0.15, 0.2) is 59.2 Å². The zero-order chi connectivity index (χ0) is 21.0. The number of amides is 1. The number of sulfone groups is 1. The highest BCUT2D eigenvalue weighted by Crippen LogP contribution is 2.22. The van der Waals surface area contributed by atoms with Gasteiger partial charge in [0.05, 0.1) is 11.4 Å². The summed E-state index contributed by atoms with van der Waals surface area (Å²) in [6.07, 6.45) is 1.21. The van der Waals surface area contributed by atoms with Crippen molar-refractivity contribution in [3.63, 3.8) is 0 Å². The third-order valence-corrected chi connectivity index (χ3v) is 5.78. The molecular formula is C21H21FN2O4S. The lowest BCUT2D eigenvalue weighted by atomic mass is 10.2. The van der Waals surface area contributed by atoms with Crippen LogP contribution in [-0.2, 0) is 20.4 Å². The molecular weight excluding hydrogens is 395 g/mol. The number of nitrogens with zero attached hydrogens (tertiary/aromatic N) is 2. The Morgan fingerprint density at radius 1 is 1.17 bits per heavy atom. The number of halogens is 1. The number of rotatable bonds is 7. The van der Waals surface area contributed by atoms with E-state index >= 15 is 0 Å².